The first-order valence-corrected chi connectivity index (χ1v) is 45.3. The Labute approximate surface area is 819 Å². The second-order valence-electron chi connectivity index (χ2n) is 33.5. The first-order chi connectivity index (χ1) is 67.8. The molecule has 0 unspecified atom stereocenters. The molecule has 19 aromatic rings. The van der Waals surface area contributed by atoms with Crippen molar-refractivity contribution in [2.75, 3.05) is 0 Å². The highest BCUT2D eigenvalue weighted by atomic mass is 35.5. The average molecular weight is 1950 g/mol. The summed E-state index contributed by atoms with van der Waals surface area (Å²) in [6.07, 6.45) is 43.8. The van der Waals surface area contributed by atoms with Gasteiger partial charge in [0.05, 0.1) is 63.9 Å². The number of aromatic amines is 2. The van der Waals surface area contributed by atoms with Gasteiger partial charge in [-0.3, -0.25) is 0 Å². The maximum Gasteiger partial charge on any atom is 0.215 e. The molecule has 32 nitrogen and oxygen atoms in total. The number of hydrogen-bond donors (Lipinski definition) is 2. The molecule has 0 spiro atoms. The van der Waals surface area contributed by atoms with Crippen LogP contribution in [0, 0.1) is 0 Å². The van der Waals surface area contributed by atoms with Gasteiger partial charge in [0.2, 0.25) is 97.4 Å². The third kappa shape index (κ3) is 17.9. The molecule has 0 fully saturated rings. The molecule has 0 atom stereocenters. The van der Waals surface area contributed by atoms with Crippen molar-refractivity contribution in [1.29, 1.82) is 0 Å². The number of rotatable bonds is 24. The highest BCUT2D eigenvalue weighted by Gasteiger charge is 2.42. The van der Waals surface area contributed by atoms with Crippen LogP contribution in [0.2, 0.25) is 20.1 Å². The van der Waals surface area contributed by atoms with Gasteiger partial charge in [-0.1, -0.05) is 46.4 Å². The summed E-state index contributed by atoms with van der Waals surface area (Å²) in [4.78, 5) is 42.1. The molecule has 140 heavy (non-hydrogen) atoms. The molecule has 690 valence electrons. The molecule has 0 aliphatic carbocycles. The Morgan fingerprint density at radius 2 is 0.336 bits per heavy atom. The fourth-order valence-electron chi connectivity index (χ4n) is 16.3. The van der Waals surface area contributed by atoms with Crippen molar-refractivity contribution in [2.24, 2.45) is 84.6 Å². The number of fused-ring (bicyclic) bond motifs is 20. The largest absolute Gasteiger partial charge is 0.446 e. The first kappa shape index (κ1) is 89.3. The second kappa shape index (κ2) is 37.1. The van der Waals surface area contributed by atoms with Gasteiger partial charge in [0.15, 0.2) is 213 Å². The van der Waals surface area contributed by atoms with Gasteiger partial charge in [0.25, 0.3) is 0 Å². The molecule has 36 heteroatoms. The van der Waals surface area contributed by atoms with Crippen molar-refractivity contribution in [3.05, 3.63) is 314 Å². The van der Waals surface area contributed by atoms with Crippen LogP contribution in [0.15, 0.2) is 294 Å². The molecule has 8 bridgehead atoms. The summed E-state index contributed by atoms with van der Waals surface area (Å²) in [5.74, 6) is 2.71. The summed E-state index contributed by atoms with van der Waals surface area (Å²) in [5, 5.41) is 0.00787. The van der Waals surface area contributed by atoms with Crippen LogP contribution in [0.1, 0.15) is 0 Å². The summed E-state index contributed by atoms with van der Waals surface area (Å²) in [6, 6.07) is 43.4. The van der Waals surface area contributed by atoms with Crippen molar-refractivity contribution in [3.63, 3.8) is 0 Å². The molecule has 0 saturated heterocycles. The van der Waals surface area contributed by atoms with Crippen molar-refractivity contribution in [3.8, 4) is 184 Å². The van der Waals surface area contributed by atoms with E-state index >= 15 is 0 Å². The van der Waals surface area contributed by atoms with Gasteiger partial charge in [-0.05, 0) is 72.8 Å². The highest BCUT2D eigenvalue weighted by molar-refractivity contribution is 6.41. The average Bonchev–Trinajstić information content (AvgIpc) is 1.55. The van der Waals surface area contributed by atoms with E-state index in [1.54, 1.807) is 147 Å². The molecule has 0 saturated carbocycles. The van der Waals surface area contributed by atoms with Crippen molar-refractivity contribution < 1.29 is 112 Å². The van der Waals surface area contributed by atoms with E-state index in [1.807, 2.05) is 287 Å². The Hall–Kier alpha value is -17.2. The summed E-state index contributed by atoms with van der Waals surface area (Å²) in [6.45, 7) is 0. The first-order valence-electron chi connectivity index (χ1n) is 43.8. The topological polar surface area (TPSA) is 266 Å². The predicted molar refractivity (Wildman–Crippen MR) is 508 cm³/mol. The van der Waals surface area contributed by atoms with Gasteiger partial charge in [0, 0.05) is 72.8 Å². The Bertz CT molecular complexity index is 8020. The van der Waals surface area contributed by atoms with Gasteiger partial charge >= 0.3 is 0 Å². The van der Waals surface area contributed by atoms with E-state index in [2.05, 4.69) is 9.97 Å². The van der Waals surface area contributed by atoms with Crippen LogP contribution in [0.4, 0.5) is 0 Å². The van der Waals surface area contributed by atoms with Crippen molar-refractivity contribution in [1.82, 2.24) is 39.9 Å². The fraction of sp³-hybridized carbons (Fsp3) is 0.115. The smallest absolute Gasteiger partial charge is 0.215 e. The van der Waals surface area contributed by atoms with Gasteiger partial charge in [-0.2, -0.15) is 0 Å². The Morgan fingerprint density at radius 1 is 0.179 bits per heavy atom. The van der Waals surface area contributed by atoms with Crippen molar-refractivity contribution >= 4 is 90.5 Å². The number of pyridine rings is 12. The lowest BCUT2D eigenvalue weighted by Gasteiger charge is -2.20. The molecular weight excluding hydrogens is 1860 g/mol. The molecule has 4 aromatic carbocycles. The normalized spacial score (nSPS) is 11.4. The minimum Gasteiger partial charge on any atom is -0.446 e. The lowest BCUT2D eigenvalue weighted by atomic mass is 10.0. The number of benzene rings is 4. The molecule has 21 rings (SSSR count). The van der Waals surface area contributed by atoms with Crippen LogP contribution in [0.25, 0.3) is 89.7 Å². The van der Waals surface area contributed by atoms with Crippen LogP contribution >= 0.6 is 46.4 Å². The van der Waals surface area contributed by atoms with Crippen LogP contribution < -0.4 is 112 Å². The Morgan fingerprint density at radius 3 is 0.536 bits per heavy atom. The SMILES string of the molecule is C[n+]1cccc(Oc2c(Cl)c3c(c(Oc4ccc[n+](C)c4)c2Oc2ccc[n+](C)c2)-c2nc-3nc3[nH]c(nc4nc(nc5[nH]c(n2)c2c(Cl)c(Oc6ccc[n+](C)c6)c(Oc6ccc[n+](C)c6)c(Oc6ccc[n+](C)c6)c52)-c2c(Cl)c(Oc5ccc[n+](C)c5)c(Oc5ccc[n+](C)c5)c(Oc5ccc[n+](C)c5)c2-4)c2c(Cl)c(Oc4ccc[n+](C)c4)c(Oc4ccc[n+](C)c4)c(Oc4ccc[n+](C)c4)c32)c1. The number of ether oxygens (including phenoxy) is 12. The molecular formula is C104H86Cl4N20O12+12. The lowest BCUT2D eigenvalue weighted by molar-refractivity contribution is -0.671. The van der Waals surface area contributed by atoms with Gasteiger partial charge in [0.1, 0.15) is 107 Å². The minimum absolute atomic E-state index is 0.0242. The maximum absolute atomic E-state index is 8.51. The Balaban J connectivity index is 1.02. The number of H-pyrrole nitrogens is 2. The second-order valence-corrected chi connectivity index (χ2v) is 35.0. The van der Waals surface area contributed by atoms with Crippen LogP contribution in [-0.2, 0) is 84.6 Å². The molecule has 0 radical (unpaired) electrons. The summed E-state index contributed by atoms with van der Waals surface area (Å²) < 4.78 is 110. The number of nitrogens with one attached hydrogen (secondary N) is 2. The standard InChI is InChI=1S/C104H86Cl4N20O12/c1-117-37-13-25-61(49-117)129-85-77-73(81(105)89(133-65-29-17-41-121(5)53-65)93(85)137-69-33-21-45-125(9)57-69)97-109-101(77)113-98-74-78(86(130-62-26-14-38-118(2)50-62)94(138-70-34-22-46-126(10)58-70)90(82(74)106)134-66-30-18-42-122(6)54-66)103(110-98)115-100-76-80(88(132-64-28-16-40-120(4)52-64)96(140-72-36-24-48-128(12)60-72)92(84(76)108)136-68-32-20-44-124(8)56-68)104(112-100)116-99-75-79(102(111-99)114-97)87(131-63-27-15-39-119(3)51-63)95(139-71-35-23-47-127(11)59-71)91(83(75)107)135-67-31-19-43-123(7)55-67/h13-60H,1-12H3,(H2,109,110,111,112,113,114,115,116)/q+12. The predicted octanol–water partition coefficient (Wildman–Crippen LogP) is 16.9. The number of aromatic nitrogens is 20. The molecule has 0 amide bonds. The van der Waals surface area contributed by atoms with E-state index in [9.17, 15) is 0 Å². The monoisotopic (exact) mass is 1950 g/mol. The zero-order valence-electron chi connectivity index (χ0n) is 77.2. The van der Waals surface area contributed by atoms with E-state index in [-0.39, 0.29) is 179 Å². The lowest BCUT2D eigenvalue weighted by Crippen LogP contribution is -2.26. The quantitative estimate of drug-likeness (QED) is 0.0532. The molecule has 2 aliphatic rings. The molecule has 15 aromatic heterocycles. The molecule has 17 heterocycles. The van der Waals surface area contributed by atoms with Gasteiger partial charge in [-0.25, -0.2) is 84.7 Å². The van der Waals surface area contributed by atoms with Crippen LogP contribution in [-0.4, -0.2) is 39.9 Å². The van der Waals surface area contributed by atoms with Crippen LogP contribution in [0.5, 0.6) is 138 Å². The van der Waals surface area contributed by atoms with E-state index in [0.29, 0.717) is 69.0 Å². The fourth-order valence-corrected chi connectivity index (χ4v) is 17.5. The molecule has 2 aliphatic heterocycles. The third-order valence-electron chi connectivity index (χ3n) is 22.4. The highest BCUT2D eigenvalue weighted by Crippen LogP contribution is 2.64. The van der Waals surface area contributed by atoms with Crippen LogP contribution in [0.3, 0.4) is 0 Å². The van der Waals surface area contributed by atoms with Crippen molar-refractivity contribution in [2.45, 2.75) is 0 Å². The summed E-state index contributed by atoms with van der Waals surface area (Å²) in [7, 11) is 22.4. The Kier molecular flexibility index (Phi) is 23.7. The number of aryl methyl sites for hydroxylation is 12. The van der Waals surface area contributed by atoms with Gasteiger partial charge in [-0.15, -0.1) is 0 Å². The maximum atomic E-state index is 8.51. The zero-order valence-corrected chi connectivity index (χ0v) is 80.2. The van der Waals surface area contributed by atoms with Gasteiger partial charge < -0.3 is 66.8 Å². The van der Waals surface area contributed by atoms with E-state index in [4.69, 9.17) is 133 Å². The number of nitrogens with zero attached hydrogens (tertiary/aromatic N) is 18. The number of hydrogen-bond acceptors (Lipinski definition) is 18. The molecule has 2 N–H and O–H groups in total. The summed E-state index contributed by atoms with van der Waals surface area (Å²) >= 11 is 34.0. The summed E-state index contributed by atoms with van der Waals surface area (Å²) in [5.41, 5.74) is 0.0867. The number of halogens is 4. The van der Waals surface area contributed by atoms with E-state index in [1.165, 1.54) is 0 Å². The third-order valence-corrected chi connectivity index (χ3v) is 23.9. The zero-order chi connectivity index (χ0) is 96.4. The minimum atomic E-state index is -0.146. The van der Waals surface area contributed by atoms with E-state index in [0.717, 1.165) is 0 Å². The van der Waals surface area contributed by atoms with E-state index < -0.39 is 0 Å².